The lowest BCUT2D eigenvalue weighted by Crippen LogP contribution is -2.33. The van der Waals surface area contributed by atoms with Crippen LogP contribution in [0.5, 0.6) is 5.75 Å². The van der Waals surface area contributed by atoms with Crippen LogP contribution in [0.25, 0.3) is 0 Å². The van der Waals surface area contributed by atoms with Crippen molar-refractivity contribution in [2.45, 2.75) is 19.9 Å². The maximum atomic E-state index is 12.9. The number of nitrogens with zero attached hydrogens (tertiary/aromatic N) is 1. The Bertz CT molecular complexity index is 862. The van der Waals surface area contributed by atoms with Crippen molar-refractivity contribution in [3.63, 3.8) is 0 Å². The molecule has 0 heterocycles. The number of benzene rings is 2. The van der Waals surface area contributed by atoms with Gasteiger partial charge in [0, 0.05) is 25.8 Å². The number of carbonyl (C=O) groups is 1. The van der Waals surface area contributed by atoms with Crippen LogP contribution in [0, 0.1) is 0 Å². The van der Waals surface area contributed by atoms with Crippen molar-refractivity contribution in [1.29, 1.82) is 0 Å². The van der Waals surface area contributed by atoms with Crippen LogP contribution >= 0.6 is 0 Å². The van der Waals surface area contributed by atoms with Gasteiger partial charge in [-0.25, -0.2) is 0 Å². The quantitative estimate of drug-likeness (QED) is 0.615. The van der Waals surface area contributed by atoms with E-state index < -0.39 is 10.1 Å². The van der Waals surface area contributed by atoms with Gasteiger partial charge in [0.25, 0.3) is 5.91 Å². The molecule has 0 saturated heterocycles. The number of rotatable bonds is 9. The minimum atomic E-state index is -3.60. The van der Waals surface area contributed by atoms with Gasteiger partial charge in [-0.3, -0.25) is 4.79 Å². The highest BCUT2D eigenvalue weighted by Gasteiger charge is 2.17. The second kappa shape index (κ2) is 9.53. The van der Waals surface area contributed by atoms with Crippen LogP contribution in [0.3, 0.4) is 0 Å². The monoisotopic (exact) mass is 391 g/mol. The smallest absolute Gasteiger partial charge is 0.306 e. The summed E-state index contributed by atoms with van der Waals surface area (Å²) in [5.41, 5.74) is 2.54. The highest BCUT2D eigenvalue weighted by atomic mass is 32.2. The maximum Gasteiger partial charge on any atom is 0.306 e. The van der Waals surface area contributed by atoms with Gasteiger partial charge in [0.05, 0.1) is 12.9 Å². The molecule has 0 aliphatic carbocycles. The first-order chi connectivity index (χ1) is 12.8. The topological polar surface area (TPSA) is 72.9 Å². The molecule has 0 fully saturated rings. The first-order valence-electron chi connectivity index (χ1n) is 8.68. The van der Waals surface area contributed by atoms with Gasteiger partial charge < -0.3 is 13.8 Å². The summed E-state index contributed by atoms with van der Waals surface area (Å²) < 4.78 is 32.7. The summed E-state index contributed by atoms with van der Waals surface area (Å²) in [6, 6.07) is 14.2. The highest BCUT2D eigenvalue weighted by molar-refractivity contribution is 7.86. The minimum Gasteiger partial charge on any atom is -0.383 e. The van der Waals surface area contributed by atoms with E-state index >= 15 is 0 Å². The second-order valence-corrected chi connectivity index (χ2v) is 7.78. The molecule has 0 aromatic heterocycles. The largest absolute Gasteiger partial charge is 0.383 e. The Hall–Kier alpha value is -2.38. The van der Waals surface area contributed by atoms with Crippen molar-refractivity contribution in [3.8, 4) is 5.75 Å². The first kappa shape index (κ1) is 20.9. The maximum absolute atomic E-state index is 12.9. The van der Waals surface area contributed by atoms with E-state index in [1.165, 1.54) is 5.56 Å². The molecule has 6 nitrogen and oxygen atoms in total. The number of methoxy groups -OCH3 is 1. The molecule has 0 unspecified atom stereocenters. The standard InChI is InChI=1S/C20H25NO5S/c1-4-16-8-10-18(11-9-16)20(22)21(12-13-25-2)15-17-6-5-7-19(14-17)26-27(3,23)24/h5-11,14H,4,12-13,15H2,1-3H3. The van der Waals surface area contributed by atoms with E-state index in [4.69, 9.17) is 8.92 Å². The molecule has 0 aliphatic rings. The summed E-state index contributed by atoms with van der Waals surface area (Å²) >= 11 is 0. The molecule has 27 heavy (non-hydrogen) atoms. The first-order valence-corrected chi connectivity index (χ1v) is 10.5. The number of aryl methyl sites for hydroxylation is 1. The Morgan fingerprint density at radius 3 is 2.37 bits per heavy atom. The van der Waals surface area contributed by atoms with Gasteiger partial charge in [-0.05, 0) is 41.8 Å². The number of hydrogen-bond acceptors (Lipinski definition) is 5. The van der Waals surface area contributed by atoms with Crippen molar-refractivity contribution in [3.05, 3.63) is 65.2 Å². The zero-order valence-electron chi connectivity index (χ0n) is 15.8. The minimum absolute atomic E-state index is 0.107. The van der Waals surface area contributed by atoms with Gasteiger partial charge in [0.2, 0.25) is 0 Å². The van der Waals surface area contributed by atoms with Crippen LogP contribution in [0.2, 0.25) is 0 Å². The molecule has 2 rings (SSSR count). The van der Waals surface area contributed by atoms with Gasteiger partial charge >= 0.3 is 10.1 Å². The molecule has 0 aliphatic heterocycles. The average Bonchev–Trinajstić information content (AvgIpc) is 2.63. The van der Waals surface area contributed by atoms with E-state index in [9.17, 15) is 13.2 Å². The van der Waals surface area contributed by atoms with Crippen molar-refractivity contribution in [1.82, 2.24) is 4.90 Å². The summed E-state index contributed by atoms with van der Waals surface area (Å²) in [4.78, 5) is 14.6. The second-order valence-electron chi connectivity index (χ2n) is 6.20. The summed E-state index contributed by atoms with van der Waals surface area (Å²) in [6.07, 6.45) is 1.91. The van der Waals surface area contributed by atoms with Crippen molar-refractivity contribution in [2.24, 2.45) is 0 Å². The fourth-order valence-electron chi connectivity index (χ4n) is 2.61. The zero-order chi connectivity index (χ0) is 19.9. The molecule has 2 aromatic carbocycles. The van der Waals surface area contributed by atoms with Crippen LogP contribution < -0.4 is 4.18 Å². The van der Waals surface area contributed by atoms with Crippen molar-refractivity contribution < 1.29 is 22.1 Å². The Morgan fingerprint density at radius 2 is 1.78 bits per heavy atom. The number of hydrogen-bond donors (Lipinski definition) is 0. The SMILES string of the molecule is CCc1ccc(C(=O)N(CCOC)Cc2cccc(OS(C)(=O)=O)c2)cc1. The normalized spacial score (nSPS) is 11.2. The molecular formula is C20H25NO5S. The van der Waals surface area contributed by atoms with Crippen LogP contribution in [0.15, 0.2) is 48.5 Å². The molecule has 0 saturated carbocycles. The lowest BCUT2D eigenvalue weighted by Gasteiger charge is -2.23. The Morgan fingerprint density at radius 1 is 1.07 bits per heavy atom. The van der Waals surface area contributed by atoms with E-state index in [2.05, 4.69) is 6.92 Å². The third kappa shape index (κ3) is 6.69. The van der Waals surface area contributed by atoms with Gasteiger partial charge in [0.1, 0.15) is 5.75 Å². The van der Waals surface area contributed by atoms with Gasteiger partial charge in [0.15, 0.2) is 0 Å². The van der Waals surface area contributed by atoms with Crippen molar-refractivity contribution in [2.75, 3.05) is 26.5 Å². The van der Waals surface area contributed by atoms with E-state index in [1.54, 1.807) is 30.2 Å². The molecule has 7 heteroatoms. The molecular weight excluding hydrogens is 366 g/mol. The number of ether oxygens (including phenoxy) is 1. The van der Waals surface area contributed by atoms with Crippen molar-refractivity contribution >= 4 is 16.0 Å². The Balaban J connectivity index is 2.20. The Kier molecular flexibility index (Phi) is 7.38. The summed E-state index contributed by atoms with van der Waals surface area (Å²) in [5, 5.41) is 0. The molecule has 0 bridgehead atoms. The predicted molar refractivity (Wildman–Crippen MR) is 104 cm³/mol. The number of carbonyl (C=O) groups excluding carboxylic acids is 1. The molecule has 0 atom stereocenters. The third-order valence-corrected chi connectivity index (χ3v) is 4.48. The molecule has 2 aromatic rings. The van der Waals surface area contributed by atoms with Gasteiger partial charge in [-0.15, -0.1) is 0 Å². The van der Waals surface area contributed by atoms with Gasteiger partial charge in [-0.2, -0.15) is 8.42 Å². The Labute approximate surface area is 160 Å². The number of amides is 1. The van der Waals surface area contributed by atoms with E-state index in [-0.39, 0.29) is 11.7 Å². The van der Waals surface area contributed by atoms with Crippen LogP contribution in [-0.2, 0) is 27.8 Å². The van der Waals surface area contributed by atoms with E-state index in [0.29, 0.717) is 25.3 Å². The van der Waals surface area contributed by atoms with E-state index in [0.717, 1.165) is 18.2 Å². The van der Waals surface area contributed by atoms with Crippen LogP contribution in [-0.4, -0.2) is 45.7 Å². The third-order valence-electron chi connectivity index (χ3n) is 3.98. The van der Waals surface area contributed by atoms with E-state index in [1.807, 2.05) is 30.3 Å². The highest BCUT2D eigenvalue weighted by Crippen LogP contribution is 2.18. The molecule has 0 N–H and O–H groups in total. The molecule has 1 amide bonds. The average molecular weight is 391 g/mol. The molecule has 0 spiro atoms. The summed E-state index contributed by atoms with van der Waals surface area (Å²) in [6.45, 7) is 3.20. The van der Waals surface area contributed by atoms with Crippen LogP contribution in [0.4, 0.5) is 0 Å². The lowest BCUT2D eigenvalue weighted by molar-refractivity contribution is 0.0680. The predicted octanol–water partition coefficient (Wildman–Crippen LogP) is 2.88. The fourth-order valence-corrected chi connectivity index (χ4v) is 3.06. The van der Waals surface area contributed by atoms with Gasteiger partial charge in [-0.1, -0.05) is 31.2 Å². The molecule has 146 valence electrons. The lowest BCUT2D eigenvalue weighted by atomic mass is 10.1. The zero-order valence-corrected chi connectivity index (χ0v) is 16.7. The summed E-state index contributed by atoms with van der Waals surface area (Å²) in [7, 11) is -2.02. The molecule has 0 radical (unpaired) electrons. The summed E-state index contributed by atoms with van der Waals surface area (Å²) in [5.74, 6) is 0.116. The fraction of sp³-hybridized carbons (Fsp3) is 0.350. The van der Waals surface area contributed by atoms with Crippen LogP contribution in [0.1, 0.15) is 28.4 Å².